The first-order valence-corrected chi connectivity index (χ1v) is 6.67. The molecule has 0 atom stereocenters. The molecule has 0 saturated heterocycles. The summed E-state index contributed by atoms with van der Waals surface area (Å²) in [6.45, 7) is 0. The van der Waals surface area contributed by atoms with E-state index in [9.17, 15) is 23.4 Å². The first-order valence-electron chi connectivity index (χ1n) is 5.23. The molecular formula is C10H6N3O6S-. The van der Waals surface area contributed by atoms with Crippen LogP contribution in [0.25, 0.3) is 21.8 Å². The predicted octanol–water partition coefficient (Wildman–Crippen LogP) is 0.324. The third kappa shape index (κ3) is 1.78. The van der Waals surface area contributed by atoms with Gasteiger partial charge in [0.15, 0.2) is 0 Å². The van der Waals surface area contributed by atoms with Crippen molar-refractivity contribution in [3.63, 3.8) is 0 Å². The molecular weight excluding hydrogens is 290 g/mol. The molecule has 0 radical (unpaired) electrons. The fourth-order valence-corrected chi connectivity index (χ4v) is 2.70. The van der Waals surface area contributed by atoms with E-state index in [1.54, 1.807) is 0 Å². The maximum Gasteiger partial charge on any atom is 0.295 e. The Labute approximate surface area is 110 Å². The fourth-order valence-electron chi connectivity index (χ4n) is 1.99. The van der Waals surface area contributed by atoms with Crippen LogP contribution in [0.3, 0.4) is 0 Å². The Balaban J connectivity index is 2.63. The second-order valence-corrected chi connectivity index (χ2v) is 5.41. The van der Waals surface area contributed by atoms with Crippen LogP contribution < -0.4 is 10.3 Å². The minimum atomic E-state index is -4.56. The number of nitrogens with one attached hydrogen (secondary N) is 1. The van der Waals surface area contributed by atoms with E-state index in [-0.39, 0.29) is 16.3 Å². The highest BCUT2D eigenvalue weighted by atomic mass is 32.2. The van der Waals surface area contributed by atoms with E-state index in [0.717, 1.165) is 12.1 Å². The smallest absolute Gasteiger partial charge is 0.295 e. The van der Waals surface area contributed by atoms with Crippen LogP contribution in [0.1, 0.15) is 0 Å². The number of hydrogen-bond acceptors (Lipinski definition) is 6. The van der Waals surface area contributed by atoms with E-state index in [2.05, 4.69) is 14.9 Å². The molecule has 0 spiro atoms. The van der Waals surface area contributed by atoms with Crippen molar-refractivity contribution in [2.24, 2.45) is 0 Å². The molecule has 9 nitrogen and oxygen atoms in total. The second kappa shape index (κ2) is 3.95. The minimum absolute atomic E-state index is 0.00801. The molecule has 2 N–H and O–H groups in total. The van der Waals surface area contributed by atoms with Crippen molar-refractivity contribution < 1.29 is 17.6 Å². The SMILES string of the molecule is O=S(=O)(O)c1cc2no[nH]c2c2ccc(=[N+]([O-])[O-])cc12. The van der Waals surface area contributed by atoms with Crippen molar-refractivity contribution in [1.82, 2.24) is 15.2 Å². The summed E-state index contributed by atoms with van der Waals surface area (Å²) in [4.78, 5) is -1.12. The summed E-state index contributed by atoms with van der Waals surface area (Å²) in [6.07, 6.45) is 0. The quantitative estimate of drug-likeness (QED) is 0.485. The predicted molar refractivity (Wildman–Crippen MR) is 67.7 cm³/mol. The molecule has 104 valence electrons. The zero-order valence-corrected chi connectivity index (χ0v) is 10.4. The molecule has 0 unspecified atom stereocenters. The first kappa shape index (κ1) is 12.4. The van der Waals surface area contributed by atoms with Gasteiger partial charge >= 0.3 is 0 Å². The standard InChI is InChI=1S/C10H6N3O6S/c14-13(15)5-1-2-6-7(3-5)9(20(16,17)18)4-8-10(6)12-19-11-8/h1-4,12H,(H-,14,15,16,17,18)/q-1. The lowest BCUT2D eigenvalue weighted by atomic mass is 10.1. The Morgan fingerprint density at radius 2 is 2.00 bits per heavy atom. The largest absolute Gasteiger partial charge is 0.612 e. The van der Waals surface area contributed by atoms with Crippen LogP contribution in [0.4, 0.5) is 0 Å². The molecule has 1 aromatic heterocycles. The zero-order valence-electron chi connectivity index (χ0n) is 9.60. The maximum atomic E-state index is 11.4. The minimum Gasteiger partial charge on any atom is -0.612 e. The molecule has 10 heteroatoms. The summed E-state index contributed by atoms with van der Waals surface area (Å²) in [5.74, 6) is 0. The number of hydrogen-bond donors (Lipinski definition) is 2. The molecule has 0 aliphatic carbocycles. The highest BCUT2D eigenvalue weighted by Gasteiger charge is 2.19. The highest BCUT2D eigenvalue weighted by molar-refractivity contribution is 7.86. The zero-order chi connectivity index (χ0) is 14.5. The molecule has 0 amide bonds. The van der Waals surface area contributed by atoms with Crippen molar-refractivity contribution in [3.05, 3.63) is 40.0 Å². The van der Waals surface area contributed by atoms with Crippen molar-refractivity contribution in [2.75, 3.05) is 0 Å². The number of rotatable bonds is 1. The molecule has 0 bridgehead atoms. The topological polar surface area (TPSA) is 145 Å². The van der Waals surface area contributed by atoms with E-state index >= 15 is 0 Å². The highest BCUT2D eigenvalue weighted by Crippen LogP contribution is 2.28. The Bertz CT molecular complexity index is 997. The lowest BCUT2D eigenvalue weighted by Crippen LogP contribution is -2.17. The van der Waals surface area contributed by atoms with Crippen molar-refractivity contribution in [2.45, 2.75) is 4.90 Å². The van der Waals surface area contributed by atoms with Gasteiger partial charge in [-0.3, -0.25) is 9.18 Å². The van der Waals surface area contributed by atoms with E-state index in [1.807, 2.05) is 0 Å². The van der Waals surface area contributed by atoms with Crippen LogP contribution in [-0.4, -0.2) is 23.3 Å². The normalized spacial score (nSPS) is 12.1. The Morgan fingerprint density at radius 1 is 1.25 bits per heavy atom. The fraction of sp³-hybridized carbons (Fsp3) is 0. The number of H-pyrrole nitrogens is 1. The summed E-state index contributed by atoms with van der Waals surface area (Å²) in [5, 5.41) is 27.6. The average Bonchev–Trinajstić information content (AvgIpc) is 2.84. The molecule has 3 rings (SSSR count). The number of aromatic nitrogens is 2. The number of benzene rings is 2. The number of fused-ring (bicyclic) bond motifs is 3. The van der Waals surface area contributed by atoms with Gasteiger partial charge in [0.25, 0.3) is 10.1 Å². The van der Waals surface area contributed by atoms with Gasteiger partial charge in [0, 0.05) is 22.9 Å². The lowest BCUT2D eigenvalue weighted by Gasteiger charge is -2.06. The monoisotopic (exact) mass is 296 g/mol. The third-order valence-electron chi connectivity index (χ3n) is 2.84. The summed E-state index contributed by atoms with van der Waals surface area (Å²) < 4.78 is 36.7. The van der Waals surface area contributed by atoms with Gasteiger partial charge in [-0.25, -0.2) is 0 Å². The van der Waals surface area contributed by atoms with E-state index in [4.69, 9.17) is 0 Å². The van der Waals surface area contributed by atoms with Crippen LogP contribution in [0.5, 0.6) is 0 Å². The summed E-state index contributed by atoms with van der Waals surface area (Å²) in [5.41, 5.74) is 0.557. The van der Waals surface area contributed by atoms with Crippen molar-refractivity contribution >= 4 is 31.9 Å². The average molecular weight is 296 g/mol. The molecule has 2 aromatic carbocycles. The van der Waals surface area contributed by atoms with Gasteiger partial charge < -0.3 is 10.4 Å². The van der Waals surface area contributed by atoms with Gasteiger partial charge in [-0.15, -0.1) is 0 Å². The molecule has 0 aliphatic rings. The van der Waals surface area contributed by atoms with Gasteiger partial charge in [0.05, 0.1) is 0 Å². The molecule has 20 heavy (non-hydrogen) atoms. The van der Waals surface area contributed by atoms with Crippen LogP contribution in [0.2, 0.25) is 0 Å². The first-order chi connectivity index (χ1) is 9.38. The Kier molecular flexibility index (Phi) is 2.46. The van der Waals surface area contributed by atoms with E-state index < -0.39 is 19.9 Å². The lowest BCUT2D eigenvalue weighted by molar-refractivity contribution is 0.315. The van der Waals surface area contributed by atoms with Gasteiger partial charge in [0.1, 0.15) is 15.9 Å². The summed E-state index contributed by atoms with van der Waals surface area (Å²) in [6, 6.07) is 4.73. The van der Waals surface area contributed by atoms with Gasteiger partial charge in [0.2, 0.25) is 5.36 Å². The van der Waals surface area contributed by atoms with E-state index in [0.29, 0.717) is 10.9 Å². The number of aromatic amines is 1. The maximum absolute atomic E-state index is 11.4. The molecule has 1 heterocycles. The van der Waals surface area contributed by atoms with Gasteiger partial charge in [-0.2, -0.15) is 18.5 Å². The third-order valence-corrected chi connectivity index (χ3v) is 3.74. The molecule has 0 fully saturated rings. The number of nitrogens with zero attached hydrogens (tertiary/aromatic N) is 2. The Hall–Kier alpha value is -2.59. The van der Waals surface area contributed by atoms with Crippen LogP contribution in [0, 0.1) is 10.4 Å². The van der Waals surface area contributed by atoms with Crippen molar-refractivity contribution in [1.29, 1.82) is 0 Å². The second-order valence-electron chi connectivity index (χ2n) is 4.02. The van der Waals surface area contributed by atoms with Crippen molar-refractivity contribution in [3.8, 4) is 0 Å². The van der Waals surface area contributed by atoms with Gasteiger partial charge in [-0.1, -0.05) is 5.16 Å². The van der Waals surface area contributed by atoms with Crippen LogP contribution in [0.15, 0.2) is 33.8 Å². The molecule has 0 saturated carbocycles. The molecule has 0 aliphatic heterocycles. The van der Waals surface area contributed by atoms with Crippen LogP contribution >= 0.6 is 0 Å². The van der Waals surface area contributed by atoms with E-state index in [1.165, 1.54) is 12.1 Å². The van der Waals surface area contributed by atoms with Crippen LogP contribution in [-0.2, 0) is 10.1 Å². The Morgan fingerprint density at radius 3 is 2.65 bits per heavy atom. The molecule has 3 aromatic rings. The summed E-state index contributed by atoms with van der Waals surface area (Å²) >= 11 is 0. The summed E-state index contributed by atoms with van der Waals surface area (Å²) in [7, 11) is -4.56. The van der Waals surface area contributed by atoms with Gasteiger partial charge in [-0.05, 0) is 12.1 Å².